The van der Waals surface area contributed by atoms with E-state index in [0.717, 1.165) is 27.1 Å². The lowest BCUT2D eigenvalue weighted by Crippen LogP contribution is -2.07. The lowest BCUT2D eigenvalue weighted by atomic mass is 10.2. The molecule has 1 N–H and O–H groups in total. The molecule has 5 heteroatoms. The number of carbonyl (C=O) groups is 1. The number of halogens is 1. The van der Waals surface area contributed by atoms with Crippen LogP contribution in [-0.2, 0) is 11.8 Å². The maximum Gasteiger partial charge on any atom is 0.248 e. The molecular formula is C15H16BrN3O. The van der Waals surface area contributed by atoms with E-state index < -0.39 is 0 Å². The van der Waals surface area contributed by atoms with Crippen LogP contribution in [0.1, 0.15) is 17.0 Å². The SMILES string of the molecule is Cc1nn(C)c(C)c1/C=C/C(=O)Nc1ccc(Br)cc1. The summed E-state index contributed by atoms with van der Waals surface area (Å²) in [5.41, 5.74) is 3.70. The summed E-state index contributed by atoms with van der Waals surface area (Å²) in [4.78, 5) is 11.9. The highest BCUT2D eigenvalue weighted by Crippen LogP contribution is 2.15. The van der Waals surface area contributed by atoms with Crippen molar-refractivity contribution >= 4 is 33.6 Å². The van der Waals surface area contributed by atoms with E-state index in [1.807, 2.05) is 49.8 Å². The first-order valence-corrected chi connectivity index (χ1v) is 7.01. The van der Waals surface area contributed by atoms with Gasteiger partial charge in [-0.1, -0.05) is 15.9 Å². The van der Waals surface area contributed by atoms with Crippen LogP contribution >= 0.6 is 15.9 Å². The Morgan fingerprint density at radius 3 is 2.50 bits per heavy atom. The Hall–Kier alpha value is -1.88. The predicted octanol–water partition coefficient (Wildman–Crippen LogP) is 3.45. The Balaban J connectivity index is 2.07. The summed E-state index contributed by atoms with van der Waals surface area (Å²) < 4.78 is 2.79. The molecule has 0 aliphatic carbocycles. The standard InChI is InChI=1S/C15H16BrN3O/c1-10-14(11(2)19(3)18-10)8-9-15(20)17-13-6-4-12(16)5-7-13/h4-9H,1-3H3,(H,17,20)/b9-8+. The summed E-state index contributed by atoms with van der Waals surface area (Å²) in [6, 6.07) is 7.45. The molecule has 0 fully saturated rings. The van der Waals surface area contributed by atoms with Crippen LogP contribution in [0.2, 0.25) is 0 Å². The van der Waals surface area contributed by atoms with Gasteiger partial charge in [-0.3, -0.25) is 9.48 Å². The number of rotatable bonds is 3. The van der Waals surface area contributed by atoms with Gasteiger partial charge in [-0.25, -0.2) is 0 Å². The summed E-state index contributed by atoms with van der Waals surface area (Å²) >= 11 is 3.36. The van der Waals surface area contributed by atoms with Crippen molar-refractivity contribution in [3.8, 4) is 0 Å². The topological polar surface area (TPSA) is 46.9 Å². The van der Waals surface area contributed by atoms with Gasteiger partial charge in [0.05, 0.1) is 5.69 Å². The predicted molar refractivity (Wildman–Crippen MR) is 84.5 cm³/mol. The van der Waals surface area contributed by atoms with E-state index in [2.05, 4.69) is 26.3 Å². The van der Waals surface area contributed by atoms with Crippen LogP contribution in [0.25, 0.3) is 6.08 Å². The van der Waals surface area contributed by atoms with Gasteiger partial charge in [-0.15, -0.1) is 0 Å². The number of aromatic nitrogens is 2. The van der Waals surface area contributed by atoms with E-state index in [0.29, 0.717) is 0 Å². The number of amides is 1. The van der Waals surface area contributed by atoms with Gasteiger partial charge in [-0.05, 0) is 44.2 Å². The van der Waals surface area contributed by atoms with Crippen molar-refractivity contribution in [1.82, 2.24) is 9.78 Å². The quantitative estimate of drug-likeness (QED) is 0.874. The maximum absolute atomic E-state index is 11.9. The summed E-state index contributed by atoms with van der Waals surface area (Å²) in [7, 11) is 1.89. The number of nitrogens with zero attached hydrogens (tertiary/aromatic N) is 2. The number of hydrogen-bond acceptors (Lipinski definition) is 2. The third-order valence-electron chi connectivity index (χ3n) is 3.08. The minimum absolute atomic E-state index is 0.157. The van der Waals surface area contributed by atoms with Crippen molar-refractivity contribution in [2.75, 3.05) is 5.32 Å². The van der Waals surface area contributed by atoms with Crippen LogP contribution in [0.4, 0.5) is 5.69 Å². The molecule has 0 aliphatic rings. The van der Waals surface area contributed by atoms with Crippen molar-refractivity contribution in [3.05, 3.63) is 51.8 Å². The highest BCUT2D eigenvalue weighted by Gasteiger charge is 2.06. The first kappa shape index (κ1) is 14.5. The zero-order valence-electron chi connectivity index (χ0n) is 11.6. The Morgan fingerprint density at radius 2 is 1.95 bits per heavy atom. The normalized spacial score (nSPS) is 11.0. The molecule has 104 valence electrons. The number of nitrogens with one attached hydrogen (secondary N) is 1. The van der Waals surface area contributed by atoms with Gasteiger partial charge in [0, 0.05) is 34.5 Å². The Bertz CT molecular complexity index is 657. The van der Waals surface area contributed by atoms with Crippen molar-refractivity contribution in [2.45, 2.75) is 13.8 Å². The minimum atomic E-state index is -0.157. The average molecular weight is 334 g/mol. The first-order valence-electron chi connectivity index (χ1n) is 6.22. The lowest BCUT2D eigenvalue weighted by molar-refractivity contribution is -0.111. The van der Waals surface area contributed by atoms with Crippen LogP contribution < -0.4 is 5.32 Å². The first-order chi connectivity index (χ1) is 9.47. The van der Waals surface area contributed by atoms with E-state index >= 15 is 0 Å². The van der Waals surface area contributed by atoms with E-state index in [9.17, 15) is 4.79 Å². The largest absolute Gasteiger partial charge is 0.323 e. The summed E-state index contributed by atoms with van der Waals surface area (Å²) in [6.45, 7) is 3.91. The van der Waals surface area contributed by atoms with Gasteiger partial charge in [0.25, 0.3) is 0 Å². The van der Waals surface area contributed by atoms with Crippen LogP contribution in [-0.4, -0.2) is 15.7 Å². The smallest absolute Gasteiger partial charge is 0.248 e. The van der Waals surface area contributed by atoms with Gasteiger partial charge >= 0.3 is 0 Å². The van der Waals surface area contributed by atoms with E-state index in [-0.39, 0.29) is 5.91 Å². The minimum Gasteiger partial charge on any atom is -0.323 e. The van der Waals surface area contributed by atoms with Gasteiger partial charge < -0.3 is 5.32 Å². The zero-order chi connectivity index (χ0) is 14.7. The number of hydrogen-bond donors (Lipinski definition) is 1. The van der Waals surface area contributed by atoms with E-state index in [1.54, 1.807) is 6.08 Å². The molecule has 0 spiro atoms. The van der Waals surface area contributed by atoms with Crippen molar-refractivity contribution in [1.29, 1.82) is 0 Å². The number of benzene rings is 1. The highest BCUT2D eigenvalue weighted by atomic mass is 79.9. The zero-order valence-corrected chi connectivity index (χ0v) is 13.2. The Labute approximate surface area is 126 Å². The molecule has 20 heavy (non-hydrogen) atoms. The summed E-state index contributed by atoms with van der Waals surface area (Å²) in [5, 5.41) is 7.12. The summed E-state index contributed by atoms with van der Waals surface area (Å²) in [6.07, 6.45) is 3.32. The molecule has 0 unspecified atom stereocenters. The fourth-order valence-electron chi connectivity index (χ4n) is 1.91. The third kappa shape index (κ3) is 3.36. The molecule has 0 aliphatic heterocycles. The van der Waals surface area contributed by atoms with Crippen molar-refractivity contribution in [2.24, 2.45) is 7.05 Å². The molecule has 2 rings (SSSR count). The van der Waals surface area contributed by atoms with E-state index in [1.165, 1.54) is 6.08 Å². The average Bonchev–Trinajstić information content (AvgIpc) is 2.64. The molecule has 0 radical (unpaired) electrons. The van der Waals surface area contributed by atoms with Crippen molar-refractivity contribution in [3.63, 3.8) is 0 Å². The summed E-state index contributed by atoms with van der Waals surface area (Å²) in [5.74, 6) is -0.157. The van der Waals surface area contributed by atoms with Gasteiger partial charge in [-0.2, -0.15) is 5.10 Å². The Morgan fingerprint density at radius 1 is 1.30 bits per heavy atom. The molecule has 1 aromatic heterocycles. The second-order valence-corrected chi connectivity index (χ2v) is 5.45. The fraction of sp³-hybridized carbons (Fsp3) is 0.200. The Kier molecular flexibility index (Phi) is 4.39. The van der Waals surface area contributed by atoms with Crippen LogP contribution in [0.3, 0.4) is 0 Å². The van der Waals surface area contributed by atoms with Crippen LogP contribution in [0.5, 0.6) is 0 Å². The molecule has 1 heterocycles. The van der Waals surface area contributed by atoms with Crippen molar-refractivity contribution < 1.29 is 4.79 Å². The van der Waals surface area contributed by atoms with Crippen LogP contribution in [0, 0.1) is 13.8 Å². The molecule has 1 aromatic carbocycles. The maximum atomic E-state index is 11.9. The van der Waals surface area contributed by atoms with Crippen LogP contribution in [0.15, 0.2) is 34.8 Å². The van der Waals surface area contributed by atoms with E-state index in [4.69, 9.17) is 0 Å². The third-order valence-corrected chi connectivity index (χ3v) is 3.61. The molecule has 1 amide bonds. The fourth-order valence-corrected chi connectivity index (χ4v) is 2.17. The molecule has 2 aromatic rings. The molecular weight excluding hydrogens is 318 g/mol. The highest BCUT2D eigenvalue weighted by molar-refractivity contribution is 9.10. The number of aryl methyl sites for hydroxylation is 2. The number of carbonyl (C=O) groups excluding carboxylic acids is 1. The number of anilines is 1. The molecule has 0 bridgehead atoms. The molecule has 4 nitrogen and oxygen atoms in total. The monoisotopic (exact) mass is 333 g/mol. The van der Waals surface area contributed by atoms with Gasteiger partial charge in [0.1, 0.15) is 0 Å². The molecule has 0 saturated heterocycles. The molecule has 0 atom stereocenters. The molecule has 0 saturated carbocycles. The lowest BCUT2D eigenvalue weighted by Gasteiger charge is -2.01. The van der Waals surface area contributed by atoms with Gasteiger partial charge in [0.2, 0.25) is 5.91 Å². The van der Waals surface area contributed by atoms with Gasteiger partial charge in [0.15, 0.2) is 0 Å². The second kappa shape index (κ2) is 6.05. The second-order valence-electron chi connectivity index (χ2n) is 4.54.